The van der Waals surface area contributed by atoms with Crippen LogP contribution >= 0.6 is 0 Å². The van der Waals surface area contributed by atoms with Gasteiger partial charge in [-0.1, -0.05) is 13.5 Å². The van der Waals surface area contributed by atoms with Gasteiger partial charge < -0.3 is 15.4 Å². The minimum Gasteiger partial charge on any atom is -0.475 e. The summed E-state index contributed by atoms with van der Waals surface area (Å²) >= 11 is 0. The summed E-state index contributed by atoms with van der Waals surface area (Å²) in [6, 6.07) is 0.532. The Balaban J connectivity index is 1.83. The van der Waals surface area contributed by atoms with E-state index in [2.05, 4.69) is 33.4 Å². The van der Waals surface area contributed by atoms with Crippen molar-refractivity contribution >= 4 is 22.9 Å². The third kappa shape index (κ3) is 2.00. The van der Waals surface area contributed by atoms with Crippen LogP contribution in [0.15, 0.2) is 18.7 Å². The lowest BCUT2D eigenvalue weighted by Crippen LogP contribution is -2.22. The molecule has 2 fully saturated rings. The second-order valence-electron chi connectivity index (χ2n) is 6.30. The lowest BCUT2D eigenvalue weighted by molar-refractivity contribution is 0.0745. The Labute approximate surface area is 128 Å². The minimum atomic E-state index is -0.133. The molecule has 0 amide bonds. The molecule has 7 nitrogen and oxygen atoms in total. The maximum Gasteiger partial charge on any atom is 0.224 e. The first-order valence-electron chi connectivity index (χ1n) is 7.62. The van der Waals surface area contributed by atoms with Crippen LogP contribution in [0.3, 0.4) is 0 Å². The Morgan fingerprint density at radius 2 is 2.18 bits per heavy atom. The first-order chi connectivity index (χ1) is 10.5. The fourth-order valence-corrected chi connectivity index (χ4v) is 3.11. The molecule has 2 aliphatic rings. The molecule has 3 heterocycles. The average molecular weight is 300 g/mol. The van der Waals surface area contributed by atoms with Crippen molar-refractivity contribution < 1.29 is 4.74 Å². The molecule has 1 aliphatic carbocycles. The van der Waals surface area contributed by atoms with E-state index in [4.69, 9.17) is 10.5 Å². The van der Waals surface area contributed by atoms with Gasteiger partial charge >= 0.3 is 0 Å². The normalized spacial score (nSPS) is 24.7. The number of hydrogen-bond donors (Lipinski definition) is 1. The molecule has 2 aromatic heterocycles. The summed E-state index contributed by atoms with van der Waals surface area (Å²) in [5.74, 6) is 2.19. The SMILES string of the molecule is C=C1C[C@H](C)[C@H](n2cnc3c(N(C)C4CC4)nc(N)nc32)O1. The second kappa shape index (κ2) is 4.59. The number of fused-ring (bicyclic) bond motifs is 1. The molecule has 0 radical (unpaired) electrons. The van der Waals surface area contributed by atoms with Crippen LogP contribution in [0.1, 0.15) is 32.4 Å². The number of nitrogens with two attached hydrogens (primary N) is 1. The highest BCUT2D eigenvalue weighted by Crippen LogP contribution is 2.38. The van der Waals surface area contributed by atoms with Gasteiger partial charge in [0.05, 0.1) is 5.76 Å². The van der Waals surface area contributed by atoms with E-state index >= 15 is 0 Å². The van der Waals surface area contributed by atoms with E-state index in [1.165, 1.54) is 12.8 Å². The number of aromatic nitrogens is 4. The maximum atomic E-state index is 5.92. The first kappa shape index (κ1) is 13.4. The standard InChI is InChI=1S/C15H20N6O/c1-8-6-9(2)22-14(8)21-7-17-11-12(20(3)10-4-5-10)18-15(16)19-13(11)21/h7-8,10,14H,2,4-6H2,1,3H3,(H2,16,18,19)/t8-,14+/m0/s1. The van der Waals surface area contributed by atoms with Gasteiger partial charge in [-0.2, -0.15) is 9.97 Å². The largest absolute Gasteiger partial charge is 0.475 e. The molecule has 1 saturated heterocycles. The van der Waals surface area contributed by atoms with Crippen LogP contribution in [0.5, 0.6) is 0 Å². The first-order valence-corrected chi connectivity index (χ1v) is 7.62. The summed E-state index contributed by atoms with van der Waals surface area (Å²) in [7, 11) is 2.04. The van der Waals surface area contributed by atoms with Gasteiger partial charge in [-0.3, -0.25) is 4.57 Å². The summed E-state index contributed by atoms with van der Waals surface area (Å²) < 4.78 is 7.78. The molecular formula is C15H20N6O. The van der Waals surface area contributed by atoms with Crippen LogP contribution in [0, 0.1) is 5.92 Å². The van der Waals surface area contributed by atoms with Crippen molar-refractivity contribution in [2.45, 2.75) is 38.5 Å². The predicted octanol–water partition coefficient (Wildman–Crippen LogP) is 2.08. The molecule has 4 rings (SSSR count). The van der Waals surface area contributed by atoms with Crippen LogP contribution in [0.25, 0.3) is 11.2 Å². The van der Waals surface area contributed by atoms with Gasteiger partial charge in [0.25, 0.3) is 0 Å². The Morgan fingerprint density at radius 1 is 1.41 bits per heavy atom. The molecule has 0 aromatic carbocycles. The van der Waals surface area contributed by atoms with Gasteiger partial charge in [0, 0.05) is 25.4 Å². The predicted molar refractivity (Wildman–Crippen MR) is 84.2 cm³/mol. The van der Waals surface area contributed by atoms with Crippen molar-refractivity contribution in [3.63, 3.8) is 0 Å². The van der Waals surface area contributed by atoms with E-state index < -0.39 is 0 Å². The lowest BCUT2D eigenvalue weighted by atomic mass is 10.1. The Hall–Kier alpha value is -2.31. The zero-order chi connectivity index (χ0) is 15.4. The summed E-state index contributed by atoms with van der Waals surface area (Å²) in [4.78, 5) is 15.5. The quantitative estimate of drug-likeness (QED) is 0.934. The lowest BCUT2D eigenvalue weighted by Gasteiger charge is -2.19. The van der Waals surface area contributed by atoms with Crippen molar-refractivity contribution in [2.24, 2.45) is 5.92 Å². The molecule has 2 atom stereocenters. The fraction of sp³-hybridized carbons (Fsp3) is 0.533. The van der Waals surface area contributed by atoms with Crippen molar-refractivity contribution in [3.05, 3.63) is 18.7 Å². The highest BCUT2D eigenvalue weighted by atomic mass is 16.5. The van der Waals surface area contributed by atoms with Crippen molar-refractivity contribution in [1.82, 2.24) is 19.5 Å². The van der Waals surface area contributed by atoms with E-state index in [1.807, 2.05) is 11.6 Å². The number of ether oxygens (including phenoxy) is 1. The van der Waals surface area contributed by atoms with Crippen molar-refractivity contribution in [2.75, 3.05) is 17.7 Å². The van der Waals surface area contributed by atoms with Crippen LogP contribution in [0.2, 0.25) is 0 Å². The van der Waals surface area contributed by atoms with Crippen LogP contribution in [-0.2, 0) is 4.74 Å². The highest BCUT2D eigenvalue weighted by molar-refractivity contribution is 5.85. The molecule has 116 valence electrons. The van der Waals surface area contributed by atoms with Gasteiger partial charge in [-0.05, 0) is 12.8 Å². The number of imidazole rings is 1. The number of nitrogen functional groups attached to an aromatic ring is 1. The molecule has 1 aliphatic heterocycles. The van der Waals surface area contributed by atoms with Gasteiger partial charge in [0.15, 0.2) is 23.2 Å². The summed E-state index contributed by atoms with van der Waals surface area (Å²) in [5.41, 5.74) is 7.42. The molecule has 2 aromatic rings. The molecular weight excluding hydrogens is 280 g/mol. The zero-order valence-electron chi connectivity index (χ0n) is 12.9. The monoisotopic (exact) mass is 300 g/mol. The number of anilines is 2. The van der Waals surface area contributed by atoms with Crippen molar-refractivity contribution in [1.29, 1.82) is 0 Å². The Morgan fingerprint density at radius 3 is 2.82 bits per heavy atom. The van der Waals surface area contributed by atoms with E-state index in [1.54, 1.807) is 6.33 Å². The van der Waals surface area contributed by atoms with Gasteiger partial charge in [0.1, 0.15) is 6.33 Å². The zero-order valence-corrected chi connectivity index (χ0v) is 12.9. The smallest absolute Gasteiger partial charge is 0.224 e. The molecule has 0 spiro atoms. The molecule has 0 bridgehead atoms. The minimum absolute atomic E-state index is 0.133. The number of hydrogen-bond acceptors (Lipinski definition) is 6. The molecule has 7 heteroatoms. The third-order valence-corrected chi connectivity index (χ3v) is 4.45. The van der Waals surface area contributed by atoms with Crippen LogP contribution in [0.4, 0.5) is 11.8 Å². The summed E-state index contributed by atoms with van der Waals surface area (Å²) in [6.45, 7) is 6.05. The van der Waals surface area contributed by atoms with E-state index in [9.17, 15) is 0 Å². The van der Waals surface area contributed by atoms with Gasteiger partial charge in [0.2, 0.25) is 5.95 Å². The molecule has 0 unspecified atom stereocenters. The summed E-state index contributed by atoms with van der Waals surface area (Å²) in [6.07, 6.45) is 4.85. The van der Waals surface area contributed by atoms with Crippen LogP contribution in [-0.4, -0.2) is 32.6 Å². The fourth-order valence-electron chi connectivity index (χ4n) is 3.11. The van der Waals surface area contributed by atoms with Crippen molar-refractivity contribution in [3.8, 4) is 0 Å². The average Bonchev–Trinajstić information content (AvgIpc) is 3.16. The second-order valence-corrected chi connectivity index (χ2v) is 6.30. The molecule has 2 N–H and O–H groups in total. The van der Waals surface area contributed by atoms with E-state index in [-0.39, 0.29) is 12.2 Å². The summed E-state index contributed by atoms with van der Waals surface area (Å²) in [5, 5.41) is 0. The number of rotatable bonds is 3. The Kier molecular flexibility index (Phi) is 2.79. The van der Waals surface area contributed by atoms with E-state index in [0.717, 1.165) is 29.2 Å². The number of allylic oxidation sites excluding steroid dienone is 1. The molecule has 1 saturated carbocycles. The third-order valence-electron chi connectivity index (χ3n) is 4.45. The van der Waals surface area contributed by atoms with Gasteiger partial charge in [-0.25, -0.2) is 4.98 Å². The number of nitrogens with zero attached hydrogens (tertiary/aromatic N) is 5. The maximum absolute atomic E-state index is 5.92. The van der Waals surface area contributed by atoms with Gasteiger partial charge in [-0.15, -0.1) is 0 Å². The van der Waals surface area contributed by atoms with Crippen LogP contribution < -0.4 is 10.6 Å². The highest BCUT2D eigenvalue weighted by Gasteiger charge is 2.33. The topological polar surface area (TPSA) is 82.1 Å². The molecule has 22 heavy (non-hydrogen) atoms. The Bertz CT molecular complexity index is 750. The van der Waals surface area contributed by atoms with E-state index in [0.29, 0.717) is 12.0 Å².